The van der Waals surface area contributed by atoms with Gasteiger partial charge >= 0.3 is 13.7 Å². The van der Waals surface area contributed by atoms with Gasteiger partial charge in [0.25, 0.3) is 0 Å². The van der Waals surface area contributed by atoms with Gasteiger partial charge in [0.05, 0.1) is 0 Å². The molecule has 0 aromatic heterocycles. The number of rotatable bonds is 0. The van der Waals surface area contributed by atoms with E-state index in [9.17, 15) is 26.1 Å². The first-order chi connectivity index (χ1) is 4.29. The summed E-state index contributed by atoms with van der Waals surface area (Å²) >= 11 is 0. The van der Waals surface area contributed by atoms with Gasteiger partial charge in [0, 0.05) is 0 Å². The van der Waals surface area contributed by atoms with Gasteiger partial charge in [-0.1, -0.05) is 0 Å². The summed E-state index contributed by atoms with van der Waals surface area (Å²) in [6, 6.07) is 0. The summed E-state index contributed by atoms with van der Waals surface area (Å²) in [5.74, 6) is 0. The monoisotopic (exact) mass is 168 g/mol. The fourth-order valence-corrected chi connectivity index (χ4v) is 0. The molecule has 0 rings (SSSR count). The second kappa shape index (κ2) is 5.39. The van der Waals surface area contributed by atoms with Crippen molar-refractivity contribution in [3.05, 3.63) is 0 Å². The highest BCUT2D eigenvalue weighted by Gasteiger charge is 2.24. The first kappa shape index (κ1) is 12.3. The highest BCUT2D eigenvalue weighted by molar-refractivity contribution is 6.33. The molecule has 10 heavy (non-hydrogen) atoms. The molecule has 1 nitrogen and oxygen atoms in total. The lowest BCUT2D eigenvalue weighted by Gasteiger charge is -1.95. The molecular formula is C2H3BF6O. The van der Waals surface area contributed by atoms with Crippen LogP contribution in [0.25, 0.3) is 0 Å². The second-order valence-corrected chi connectivity index (χ2v) is 1.02. The van der Waals surface area contributed by atoms with E-state index in [4.69, 9.17) is 5.11 Å². The molecule has 0 unspecified atom stereocenters. The highest BCUT2D eigenvalue weighted by Crippen LogP contribution is 2.11. The number of halogens is 6. The van der Waals surface area contributed by atoms with Gasteiger partial charge in [0.2, 0.25) is 0 Å². The van der Waals surface area contributed by atoms with E-state index >= 15 is 0 Å². The Morgan fingerprint density at radius 3 is 1.20 bits per heavy atom. The Balaban J connectivity index is 0. The van der Waals surface area contributed by atoms with Gasteiger partial charge in [-0.05, 0) is 0 Å². The molecule has 0 aliphatic rings. The Hall–Kier alpha value is -0.395. The number of aliphatic hydroxyl groups excluding tert-OH is 1. The summed E-state index contributed by atoms with van der Waals surface area (Å²) in [5, 5.41) is 7.28. The molecule has 0 amide bonds. The summed E-state index contributed by atoms with van der Waals surface area (Å²) in [6.45, 7) is -1.73. The predicted molar refractivity (Wildman–Crippen MR) is 22.2 cm³/mol. The van der Waals surface area contributed by atoms with Crippen molar-refractivity contribution < 1.29 is 31.2 Å². The standard InChI is InChI=1S/C2H3F3O.BF3/c3-2(4,5)1-6;2-1(3)4/h6H,1H2;. The molecular weight excluding hydrogens is 165 g/mol. The van der Waals surface area contributed by atoms with Crippen molar-refractivity contribution in [1.82, 2.24) is 0 Å². The van der Waals surface area contributed by atoms with Crippen LogP contribution in [0.5, 0.6) is 0 Å². The molecule has 0 atom stereocenters. The van der Waals surface area contributed by atoms with Gasteiger partial charge in [-0.2, -0.15) is 13.2 Å². The van der Waals surface area contributed by atoms with E-state index in [2.05, 4.69) is 0 Å². The molecule has 0 aromatic carbocycles. The zero-order valence-electron chi connectivity index (χ0n) is 4.50. The minimum absolute atomic E-state index is 1.73. The molecule has 0 spiro atoms. The van der Waals surface area contributed by atoms with Gasteiger partial charge < -0.3 is 5.11 Å². The zero-order valence-corrected chi connectivity index (χ0v) is 4.50. The van der Waals surface area contributed by atoms with Crippen LogP contribution in [0.1, 0.15) is 0 Å². The minimum atomic E-state index is -4.40. The molecule has 0 bridgehead atoms. The fraction of sp³-hybridized carbons (Fsp3) is 1.00. The Kier molecular flexibility index (Phi) is 6.63. The van der Waals surface area contributed by atoms with Crippen molar-refractivity contribution in [2.45, 2.75) is 6.18 Å². The molecule has 8 heteroatoms. The van der Waals surface area contributed by atoms with Crippen LogP contribution in [0.15, 0.2) is 0 Å². The second-order valence-electron chi connectivity index (χ2n) is 1.02. The van der Waals surface area contributed by atoms with E-state index in [0.29, 0.717) is 0 Å². The third-order valence-corrected chi connectivity index (χ3v) is 0.179. The summed E-state index contributed by atoms with van der Waals surface area (Å²) in [6.07, 6.45) is -4.40. The van der Waals surface area contributed by atoms with Gasteiger partial charge in [-0.3, -0.25) is 12.9 Å². The van der Waals surface area contributed by atoms with E-state index < -0.39 is 20.3 Å². The first-order valence-electron chi connectivity index (χ1n) is 1.89. The third kappa shape index (κ3) is 48.9. The van der Waals surface area contributed by atoms with E-state index in [1.165, 1.54) is 0 Å². The SMILES string of the molecule is FB(F)F.OCC(F)(F)F. The van der Waals surface area contributed by atoms with Crippen LogP contribution >= 0.6 is 0 Å². The lowest BCUT2D eigenvalue weighted by molar-refractivity contribution is -0.159. The molecule has 0 fully saturated rings. The van der Waals surface area contributed by atoms with Crippen molar-refractivity contribution in [3.63, 3.8) is 0 Å². The van der Waals surface area contributed by atoms with Crippen LogP contribution in [-0.2, 0) is 0 Å². The molecule has 0 aromatic rings. The fourth-order valence-electron chi connectivity index (χ4n) is 0. The lowest BCUT2D eigenvalue weighted by atomic mass is 10.5. The van der Waals surface area contributed by atoms with Crippen molar-refractivity contribution in [2.24, 2.45) is 0 Å². The zero-order chi connectivity index (χ0) is 8.78. The normalized spacial score (nSPS) is 9.90. The van der Waals surface area contributed by atoms with Crippen molar-refractivity contribution >= 4 is 7.54 Å². The molecule has 0 saturated heterocycles. The average Bonchev–Trinajstić information content (AvgIpc) is 1.63. The van der Waals surface area contributed by atoms with E-state index in [-0.39, 0.29) is 0 Å². The molecule has 0 aliphatic carbocycles. The van der Waals surface area contributed by atoms with Crippen LogP contribution in [-0.4, -0.2) is 25.4 Å². The Morgan fingerprint density at radius 1 is 1.10 bits per heavy atom. The van der Waals surface area contributed by atoms with Gasteiger partial charge in [0.1, 0.15) is 6.61 Å². The van der Waals surface area contributed by atoms with Crippen LogP contribution < -0.4 is 0 Å². The number of alkyl halides is 3. The van der Waals surface area contributed by atoms with Crippen LogP contribution in [0.3, 0.4) is 0 Å². The smallest absolute Gasteiger partial charge is 0.387 e. The Bertz CT molecular complexity index is 67.9. The molecule has 62 valence electrons. The van der Waals surface area contributed by atoms with Crippen molar-refractivity contribution in [1.29, 1.82) is 0 Å². The quantitative estimate of drug-likeness (QED) is 0.428. The van der Waals surface area contributed by atoms with E-state index in [0.717, 1.165) is 0 Å². The minimum Gasteiger partial charge on any atom is -0.387 e. The molecule has 0 aliphatic heterocycles. The largest absolute Gasteiger partial charge is 0.762 e. The van der Waals surface area contributed by atoms with Crippen molar-refractivity contribution in [2.75, 3.05) is 6.61 Å². The Morgan fingerprint density at radius 2 is 1.20 bits per heavy atom. The molecule has 0 saturated carbocycles. The van der Waals surface area contributed by atoms with E-state index in [1.54, 1.807) is 0 Å². The number of aliphatic hydroxyl groups is 1. The third-order valence-electron chi connectivity index (χ3n) is 0.179. The highest BCUT2D eigenvalue weighted by atomic mass is 19.4. The summed E-state index contributed by atoms with van der Waals surface area (Å²) < 4.78 is 60.6. The molecule has 1 N–H and O–H groups in total. The number of hydrogen-bond acceptors (Lipinski definition) is 1. The first-order valence-corrected chi connectivity index (χ1v) is 1.89. The molecule has 0 heterocycles. The number of hydrogen-bond donors (Lipinski definition) is 1. The van der Waals surface area contributed by atoms with Gasteiger partial charge in [0.15, 0.2) is 0 Å². The maximum Gasteiger partial charge on any atom is 0.762 e. The average molecular weight is 168 g/mol. The predicted octanol–water partition coefficient (Wildman–Crippen LogP) is 1.42. The summed E-state index contributed by atoms with van der Waals surface area (Å²) in [7, 11) is -3.67. The van der Waals surface area contributed by atoms with Crippen molar-refractivity contribution in [3.8, 4) is 0 Å². The Labute approximate surface area is 52.9 Å². The lowest BCUT2D eigenvalue weighted by Crippen LogP contribution is -2.12. The van der Waals surface area contributed by atoms with Crippen LogP contribution in [0.4, 0.5) is 26.1 Å². The van der Waals surface area contributed by atoms with Crippen LogP contribution in [0.2, 0.25) is 0 Å². The van der Waals surface area contributed by atoms with Gasteiger partial charge in [-0.15, -0.1) is 0 Å². The maximum absolute atomic E-state index is 10.5. The van der Waals surface area contributed by atoms with E-state index in [1.807, 2.05) is 0 Å². The van der Waals surface area contributed by atoms with Gasteiger partial charge in [-0.25, -0.2) is 0 Å². The maximum atomic E-state index is 10.5. The van der Waals surface area contributed by atoms with Crippen LogP contribution in [0, 0.1) is 0 Å². The summed E-state index contributed by atoms with van der Waals surface area (Å²) in [4.78, 5) is 0. The summed E-state index contributed by atoms with van der Waals surface area (Å²) in [5.41, 5.74) is 0. The topological polar surface area (TPSA) is 20.2 Å². The molecule has 0 radical (unpaired) electrons.